The van der Waals surface area contributed by atoms with Crippen LogP contribution in [0.5, 0.6) is 0 Å². The fourth-order valence-electron chi connectivity index (χ4n) is 1.82. The lowest BCUT2D eigenvalue weighted by atomic mass is 10.3. The molecule has 0 aromatic carbocycles. The number of hydrogen-bond donors (Lipinski definition) is 1. The van der Waals surface area contributed by atoms with Crippen LogP contribution >= 0.6 is 0 Å². The van der Waals surface area contributed by atoms with E-state index in [4.69, 9.17) is 5.11 Å². The van der Waals surface area contributed by atoms with Crippen LogP contribution < -0.4 is 0 Å². The van der Waals surface area contributed by atoms with Crippen molar-refractivity contribution in [3.63, 3.8) is 0 Å². The van der Waals surface area contributed by atoms with Gasteiger partial charge >= 0.3 is 12.0 Å². The van der Waals surface area contributed by atoms with Crippen LogP contribution in [0.1, 0.15) is 13.3 Å². The highest BCUT2D eigenvalue weighted by Gasteiger charge is 2.23. The molecule has 0 aliphatic carbocycles. The summed E-state index contributed by atoms with van der Waals surface area (Å²) >= 11 is 0. The standard InChI is InChI=1S/C11H21N3O3/c1-3-13(5-4-10(15)16)11(17)14-8-6-12(2)7-9-14/h3-9H2,1-2H3,(H,15,16). The van der Waals surface area contributed by atoms with Crippen molar-refractivity contribution in [1.29, 1.82) is 0 Å². The summed E-state index contributed by atoms with van der Waals surface area (Å²) < 4.78 is 0. The molecular weight excluding hydrogens is 222 g/mol. The highest BCUT2D eigenvalue weighted by Crippen LogP contribution is 2.05. The van der Waals surface area contributed by atoms with Gasteiger partial charge < -0.3 is 19.8 Å². The summed E-state index contributed by atoms with van der Waals surface area (Å²) in [5.74, 6) is -0.866. The summed E-state index contributed by atoms with van der Waals surface area (Å²) in [6.45, 7) is 5.91. The Bertz CT molecular complexity index is 275. The Morgan fingerprint density at radius 1 is 1.24 bits per heavy atom. The van der Waals surface area contributed by atoms with Crippen molar-refractivity contribution < 1.29 is 14.7 Å². The number of hydrogen-bond acceptors (Lipinski definition) is 3. The fourth-order valence-corrected chi connectivity index (χ4v) is 1.82. The second kappa shape index (κ2) is 6.44. The second-order valence-corrected chi connectivity index (χ2v) is 4.30. The number of carboxylic acids is 1. The predicted molar refractivity (Wildman–Crippen MR) is 64.0 cm³/mol. The molecule has 98 valence electrons. The summed E-state index contributed by atoms with van der Waals surface area (Å²) in [5.41, 5.74) is 0. The molecule has 6 nitrogen and oxygen atoms in total. The first-order valence-corrected chi connectivity index (χ1v) is 5.98. The quantitative estimate of drug-likeness (QED) is 0.763. The van der Waals surface area contributed by atoms with Crippen LogP contribution in [0, 0.1) is 0 Å². The number of carbonyl (C=O) groups excluding carboxylic acids is 1. The van der Waals surface area contributed by atoms with Gasteiger partial charge in [0.25, 0.3) is 0 Å². The Hall–Kier alpha value is -1.30. The van der Waals surface area contributed by atoms with Crippen LogP contribution in [0.25, 0.3) is 0 Å². The monoisotopic (exact) mass is 243 g/mol. The number of piperazine rings is 1. The zero-order chi connectivity index (χ0) is 12.8. The summed E-state index contributed by atoms with van der Waals surface area (Å²) in [5, 5.41) is 8.63. The van der Waals surface area contributed by atoms with Crippen LogP contribution in [-0.4, -0.2) is 78.1 Å². The van der Waals surface area contributed by atoms with E-state index in [0.717, 1.165) is 26.2 Å². The summed E-state index contributed by atoms with van der Waals surface area (Å²) in [6.07, 6.45) is 0.00726. The van der Waals surface area contributed by atoms with Crippen molar-refractivity contribution in [1.82, 2.24) is 14.7 Å². The van der Waals surface area contributed by atoms with Crippen molar-refractivity contribution in [2.75, 3.05) is 46.3 Å². The predicted octanol–water partition coefficient (Wildman–Crippen LogP) is 0.150. The average molecular weight is 243 g/mol. The lowest BCUT2D eigenvalue weighted by Crippen LogP contribution is -2.52. The summed E-state index contributed by atoms with van der Waals surface area (Å²) in [6, 6.07) is -0.0400. The summed E-state index contributed by atoms with van der Waals surface area (Å²) in [4.78, 5) is 28.2. The van der Waals surface area contributed by atoms with Gasteiger partial charge in [-0.2, -0.15) is 0 Å². The van der Waals surface area contributed by atoms with E-state index in [9.17, 15) is 9.59 Å². The van der Waals surface area contributed by atoms with Crippen LogP contribution in [0.4, 0.5) is 4.79 Å². The Balaban J connectivity index is 2.45. The molecule has 0 atom stereocenters. The van der Waals surface area contributed by atoms with Crippen LogP contribution in [-0.2, 0) is 4.79 Å². The lowest BCUT2D eigenvalue weighted by molar-refractivity contribution is -0.137. The Kier molecular flexibility index (Phi) is 5.21. The molecule has 1 aliphatic rings. The molecule has 1 N–H and O–H groups in total. The minimum Gasteiger partial charge on any atom is -0.481 e. The molecule has 1 aliphatic heterocycles. The van der Waals surface area contributed by atoms with Gasteiger partial charge in [0.15, 0.2) is 0 Å². The van der Waals surface area contributed by atoms with E-state index < -0.39 is 5.97 Å². The molecule has 1 rings (SSSR count). The van der Waals surface area contributed by atoms with E-state index in [2.05, 4.69) is 4.90 Å². The minimum atomic E-state index is -0.866. The van der Waals surface area contributed by atoms with Crippen molar-refractivity contribution >= 4 is 12.0 Å². The SMILES string of the molecule is CCN(CCC(=O)O)C(=O)N1CCN(C)CC1. The number of carboxylic acid groups (broad SMARTS) is 1. The van der Waals surface area contributed by atoms with Crippen molar-refractivity contribution in [2.45, 2.75) is 13.3 Å². The van der Waals surface area contributed by atoms with Gasteiger partial charge in [0.05, 0.1) is 6.42 Å². The first-order chi connectivity index (χ1) is 8.04. The molecule has 1 saturated heterocycles. The van der Waals surface area contributed by atoms with E-state index in [1.165, 1.54) is 0 Å². The molecule has 0 radical (unpaired) electrons. The van der Waals surface area contributed by atoms with Crippen molar-refractivity contribution in [3.8, 4) is 0 Å². The van der Waals surface area contributed by atoms with E-state index in [1.807, 2.05) is 14.0 Å². The molecule has 1 fully saturated rings. The van der Waals surface area contributed by atoms with Crippen molar-refractivity contribution in [3.05, 3.63) is 0 Å². The topological polar surface area (TPSA) is 64.1 Å². The number of carbonyl (C=O) groups is 2. The van der Waals surface area contributed by atoms with E-state index in [1.54, 1.807) is 9.80 Å². The highest BCUT2D eigenvalue weighted by molar-refractivity contribution is 5.75. The Labute approximate surface area is 102 Å². The first-order valence-electron chi connectivity index (χ1n) is 5.98. The summed E-state index contributed by atoms with van der Waals surface area (Å²) in [7, 11) is 2.03. The van der Waals surface area contributed by atoms with Gasteiger partial charge in [-0.1, -0.05) is 0 Å². The smallest absolute Gasteiger partial charge is 0.320 e. The largest absolute Gasteiger partial charge is 0.481 e. The van der Waals surface area contributed by atoms with Crippen LogP contribution in [0.2, 0.25) is 0 Å². The van der Waals surface area contributed by atoms with Gasteiger partial charge in [-0.3, -0.25) is 4.79 Å². The molecule has 6 heteroatoms. The Morgan fingerprint density at radius 2 is 1.82 bits per heavy atom. The third-order valence-electron chi connectivity index (χ3n) is 3.02. The number of likely N-dealkylation sites (N-methyl/N-ethyl adjacent to an activating group) is 1. The highest BCUT2D eigenvalue weighted by atomic mass is 16.4. The van der Waals surface area contributed by atoms with E-state index >= 15 is 0 Å². The second-order valence-electron chi connectivity index (χ2n) is 4.30. The molecule has 0 saturated carbocycles. The molecular formula is C11H21N3O3. The van der Waals surface area contributed by atoms with Gasteiger partial charge in [0, 0.05) is 39.3 Å². The number of nitrogens with zero attached hydrogens (tertiary/aromatic N) is 3. The van der Waals surface area contributed by atoms with Gasteiger partial charge in [-0.15, -0.1) is 0 Å². The maximum absolute atomic E-state index is 12.1. The average Bonchev–Trinajstić information content (AvgIpc) is 2.30. The van der Waals surface area contributed by atoms with E-state index in [-0.39, 0.29) is 19.0 Å². The van der Waals surface area contributed by atoms with Gasteiger partial charge in [0.2, 0.25) is 0 Å². The Morgan fingerprint density at radius 3 is 2.29 bits per heavy atom. The number of rotatable bonds is 4. The maximum Gasteiger partial charge on any atom is 0.320 e. The molecule has 0 unspecified atom stereocenters. The molecule has 0 aromatic rings. The van der Waals surface area contributed by atoms with Gasteiger partial charge in [-0.25, -0.2) is 4.79 Å². The van der Waals surface area contributed by atoms with Gasteiger partial charge in [-0.05, 0) is 14.0 Å². The lowest BCUT2D eigenvalue weighted by Gasteiger charge is -2.35. The van der Waals surface area contributed by atoms with Crippen molar-refractivity contribution in [2.24, 2.45) is 0 Å². The zero-order valence-corrected chi connectivity index (χ0v) is 10.6. The normalized spacial score (nSPS) is 16.9. The molecule has 0 bridgehead atoms. The molecule has 2 amide bonds. The molecule has 17 heavy (non-hydrogen) atoms. The fraction of sp³-hybridized carbons (Fsp3) is 0.818. The maximum atomic E-state index is 12.1. The van der Waals surface area contributed by atoms with Gasteiger partial charge in [0.1, 0.15) is 0 Å². The van der Waals surface area contributed by atoms with Crippen LogP contribution in [0.15, 0.2) is 0 Å². The molecule has 0 spiro atoms. The zero-order valence-electron chi connectivity index (χ0n) is 10.6. The van der Waals surface area contributed by atoms with Crippen LogP contribution in [0.3, 0.4) is 0 Å². The third kappa shape index (κ3) is 4.22. The van der Waals surface area contributed by atoms with E-state index in [0.29, 0.717) is 6.54 Å². The minimum absolute atomic E-state index is 0.00726. The number of urea groups is 1. The third-order valence-corrected chi connectivity index (χ3v) is 3.02. The molecule has 1 heterocycles. The molecule has 0 aromatic heterocycles. The first kappa shape index (κ1) is 13.8. The number of aliphatic carboxylic acids is 1. The number of amides is 2.